The first-order valence-corrected chi connectivity index (χ1v) is 8.03. The zero-order chi connectivity index (χ0) is 17.1. The first-order valence-electron chi connectivity index (χ1n) is 8.03. The molecule has 5 nitrogen and oxygen atoms in total. The molecule has 0 atom stereocenters. The van der Waals surface area contributed by atoms with Crippen LogP contribution in [-0.4, -0.2) is 25.0 Å². The number of ether oxygens (including phenoxy) is 1. The number of nitrogens with one attached hydrogen (secondary N) is 1. The molecule has 0 radical (unpaired) electrons. The van der Waals surface area contributed by atoms with Gasteiger partial charge in [-0.25, -0.2) is 0 Å². The molecule has 24 heavy (non-hydrogen) atoms. The van der Waals surface area contributed by atoms with Gasteiger partial charge in [-0.3, -0.25) is 9.59 Å². The Morgan fingerprint density at radius 2 is 1.92 bits per heavy atom. The molecule has 0 spiro atoms. The van der Waals surface area contributed by atoms with E-state index in [1.807, 2.05) is 25.1 Å². The second-order valence-corrected chi connectivity index (χ2v) is 5.68. The van der Waals surface area contributed by atoms with Gasteiger partial charge in [0.25, 0.3) is 5.91 Å². The monoisotopic (exact) mass is 324 g/mol. The predicted molar refractivity (Wildman–Crippen MR) is 93.7 cm³/mol. The number of fused-ring (bicyclic) bond motifs is 1. The SMILES string of the molecule is CCOc1ccc(C(=O)Nc2ccc3c(c2)CCN3C(C)=O)cc1. The van der Waals surface area contributed by atoms with E-state index in [4.69, 9.17) is 4.74 Å². The number of rotatable bonds is 4. The minimum Gasteiger partial charge on any atom is -0.494 e. The maximum absolute atomic E-state index is 12.3. The Bertz CT molecular complexity index is 769. The van der Waals surface area contributed by atoms with Crippen molar-refractivity contribution in [1.82, 2.24) is 0 Å². The van der Waals surface area contributed by atoms with Crippen LogP contribution in [0, 0.1) is 0 Å². The summed E-state index contributed by atoms with van der Waals surface area (Å²) in [5, 5.41) is 2.90. The highest BCUT2D eigenvalue weighted by atomic mass is 16.5. The van der Waals surface area contributed by atoms with Crippen molar-refractivity contribution < 1.29 is 14.3 Å². The van der Waals surface area contributed by atoms with Crippen molar-refractivity contribution in [2.24, 2.45) is 0 Å². The van der Waals surface area contributed by atoms with Crippen molar-refractivity contribution in [2.75, 3.05) is 23.4 Å². The highest BCUT2D eigenvalue weighted by Gasteiger charge is 2.22. The smallest absolute Gasteiger partial charge is 0.255 e. The molecule has 1 heterocycles. The predicted octanol–water partition coefficient (Wildman–Crippen LogP) is 3.25. The Hall–Kier alpha value is -2.82. The van der Waals surface area contributed by atoms with Crippen LogP contribution < -0.4 is 15.0 Å². The largest absolute Gasteiger partial charge is 0.494 e. The zero-order valence-corrected chi connectivity index (χ0v) is 13.8. The Balaban J connectivity index is 1.72. The summed E-state index contributed by atoms with van der Waals surface area (Å²) in [7, 11) is 0. The van der Waals surface area contributed by atoms with Gasteiger partial charge in [0, 0.05) is 30.4 Å². The first kappa shape index (κ1) is 16.1. The number of nitrogens with zero attached hydrogens (tertiary/aromatic N) is 1. The lowest BCUT2D eigenvalue weighted by Crippen LogP contribution is -2.25. The standard InChI is InChI=1S/C19H20N2O3/c1-3-24-17-7-4-14(5-8-17)19(23)20-16-6-9-18-15(12-16)10-11-21(18)13(2)22/h4-9,12H,3,10-11H2,1-2H3,(H,20,23). The molecule has 3 rings (SSSR count). The molecular formula is C19H20N2O3. The molecular weight excluding hydrogens is 304 g/mol. The van der Waals surface area contributed by atoms with Crippen molar-refractivity contribution in [3.05, 3.63) is 53.6 Å². The summed E-state index contributed by atoms with van der Waals surface area (Å²) in [5.74, 6) is 0.621. The summed E-state index contributed by atoms with van der Waals surface area (Å²) in [6.07, 6.45) is 0.807. The van der Waals surface area contributed by atoms with Gasteiger partial charge < -0.3 is 15.0 Å². The fourth-order valence-electron chi connectivity index (χ4n) is 2.88. The van der Waals surface area contributed by atoms with Gasteiger partial charge in [0.2, 0.25) is 5.91 Å². The Kier molecular flexibility index (Phi) is 4.51. The summed E-state index contributed by atoms with van der Waals surface area (Å²) in [6, 6.07) is 12.7. The van der Waals surface area contributed by atoms with Crippen LogP contribution in [0.3, 0.4) is 0 Å². The third-order valence-electron chi connectivity index (χ3n) is 4.04. The lowest BCUT2D eigenvalue weighted by molar-refractivity contribution is -0.116. The summed E-state index contributed by atoms with van der Waals surface area (Å²) in [6.45, 7) is 4.78. The second-order valence-electron chi connectivity index (χ2n) is 5.68. The highest BCUT2D eigenvalue weighted by molar-refractivity contribution is 6.04. The minimum atomic E-state index is -0.167. The van der Waals surface area contributed by atoms with E-state index in [0.717, 1.165) is 29.1 Å². The van der Waals surface area contributed by atoms with E-state index in [-0.39, 0.29) is 11.8 Å². The first-order chi connectivity index (χ1) is 11.6. The van der Waals surface area contributed by atoms with Crippen molar-refractivity contribution >= 4 is 23.2 Å². The third kappa shape index (κ3) is 3.25. The molecule has 2 amide bonds. The highest BCUT2D eigenvalue weighted by Crippen LogP contribution is 2.30. The maximum Gasteiger partial charge on any atom is 0.255 e. The van der Waals surface area contributed by atoms with E-state index in [0.29, 0.717) is 18.7 Å². The summed E-state index contributed by atoms with van der Waals surface area (Å²) in [5.41, 5.74) is 3.32. The van der Waals surface area contributed by atoms with Gasteiger partial charge in [0.1, 0.15) is 5.75 Å². The van der Waals surface area contributed by atoms with Crippen LogP contribution in [0.25, 0.3) is 0 Å². The van der Waals surface area contributed by atoms with Crippen LogP contribution in [0.1, 0.15) is 29.8 Å². The number of amides is 2. The molecule has 0 unspecified atom stereocenters. The third-order valence-corrected chi connectivity index (χ3v) is 4.04. The van der Waals surface area contributed by atoms with E-state index >= 15 is 0 Å². The molecule has 0 saturated heterocycles. The van der Waals surface area contributed by atoms with Gasteiger partial charge in [0.05, 0.1) is 6.61 Å². The molecule has 1 aliphatic heterocycles. The van der Waals surface area contributed by atoms with Crippen LogP contribution in [0.4, 0.5) is 11.4 Å². The molecule has 0 aromatic heterocycles. The van der Waals surface area contributed by atoms with E-state index in [9.17, 15) is 9.59 Å². The number of hydrogen-bond acceptors (Lipinski definition) is 3. The normalized spacial score (nSPS) is 12.7. The van der Waals surface area contributed by atoms with Gasteiger partial charge in [-0.1, -0.05) is 0 Å². The summed E-state index contributed by atoms with van der Waals surface area (Å²) >= 11 is 0. The average Bonchev–Trinajstić information content (AvgIpc) is 2.99. The lowest BCUT2D eigenvalue weighted by Gasteiger charge is -2.15. The van der Waals surface area contributed by atoms with Crippen LogP contribution >= 0.6 is 0 Å². The number of carbonyl (C=O) groups excluding carboxylic acids is 2. The number of hydrogen-bond donors (Lipinski definition) is 1. The van der Waals surface area contributed by atoms with Crippen molar-refractivity contribution in [3.63, 3.8) is 0 Å². The maximum atomic E-state index is 12.3. The summed E-state index contributed by atoms with van der Waals surface area (Å²) in [4.78, 5) is 25.7. The minimum absolute atomic E-state index is 0.0416. The zero-order valence-electron chi connectivity index (χ0n) is 13.8. The average molecular weight is 324 g/mol. The van der Waals surface area contributed by atoms with E-state index in [1.165, 1.54) is 0 Å². The second kappa shape index (κ2) is 6.74. The quantitative estimate of drug-likeness (QED) is 0.939. The molecule has 2 aromatic rings. The molecule has 0 bridgehead atoms. The fraction of sp³-hybridized carbons (Fsp3) is 0.263. The van der Waals surface area contributed by atoms with E-state index in [1.54, 1.807) is 36.1 Å². The number of benzene rings is 2. The van der Waals surface area contributed by atoms with Crippen LogP contribution in [-0.2, 0) is 11.2 Å². The Labute approximate surface area is 141 Å². The van der Waals surface area contributed by atoms with Crippen molar-refractivity contribution in [2.45, 2.75) is 20.3 Å². The van der Waals surface area contributed by atoms with Crippen molar-refractivity contribution in [1.29, 1.82) is 0 Å². The van der Waals surface area contributed by atoms with Crippen LogP contribution in [0.15, 0.2) is 42.5 Å². The lowest BCUT2D eigenvalue weighted by atomic mass is 10.1. The topological polar surface area (TPSA) is 58.6 Å². The molecule has 5 heteroatoms. The van der Waals surface area contributed by atoms with Crippen LogP contribution in [0.2, 0.25) is 0 Å². The van der Waals surface area contributed by atoms with Gasteiger partial charge in [-0.15, -0.1) is 0 Å². The molecule has 2 aromatic carbocycles. The van der Waals surface area contributed by atoms with Gasteiger partial charge in [-0.05, 0) is 61.4 Å². The molecule has 124 valence electrons. The van der Waals surface area contributed by atoms with E-state index < -0.39 is 0 Å². The molecule has 0 fully saturated rings. The van der Waals surface area contributed by atoms with Crippen LogP contribution in [0.5, 0.6) is 5.75 Å². The van der Waals surface area contributed by atoms with Gasteiger partial charge in [0.15, 0.2) is 0 Å². The Morgan fingerprint density at radius 1 is 1.17 bits per heavy atom. The van der Waals surface area contributed by atoms with Gasteiger partial charge in [-0.2, -0.15) is 0 Å². The fourth-order valence-corrected chi connectivity index (χ4v) is 2.88. The summed E-state index contributed by atoms with van der Waals surface area (Å²) < 4.78 is 5.37. The molecule has 0 aliphatic carbocycles. The van der Waals surface area contributed by atoms with E-state index in [2.05, 4.69) is 5.32 Å². The van der Waals surface area contributed by atoms with Crippen molar-refractivity contribution in [3.8, 4) is 5.75 Å². The molecule has 1 aliphatic rings. The molecule has 0 saturated carbocycles. The molecule has 1 N–H and O–H groups in total. The number of carbonyl (C=O) groups is 2. The van der Waals surface area contributed by atoms with Gasteiger partial charge >= 0.3 is 0 Å². The Morgan fingerprint density at radius 3 is 2.58 bits per heavy atom. The number of anilines is 2.